The van der Waals surface area contributed by atoms with Crippen molar-refractivity contribution >= 4 is 40.4 Å². The molecule has 4 aliphatic carbocycles. The number of sulfonamides is 1. The smallest absolute Gasteiger partial charge is 0.270 e. The van der Waals surface area contributed by atoms with Gasteiger partial charge in [-0.3, -0.25) is 62.0 Å². The van der Waals surface area contributed by atoms with Crippen LogP contribution in [0.5, 0.6) is 0 Å². The van der Waals surface area contributed by atoms with Gasteiger partial charge in [0, 0.05) is 28.9 Å². The molecular weight excluding hydrogens is 892 g/mol. The predicted molar refractivity (Wildman–Crippen MR) is 205 cm³/mol. The van der Waals surface area contributed by atoms with Crippen molar-refractivity contribution in [1.29, 1.82) is 0 Å². The van der Waals surface area contributed by atoms with Crippen molar-refractivity contribution < 1.29 is 64.4 Å². The van der Waals surface area contributed by atoms with Gasteiger partial charge >= 0.3 is 0 Å². The van der Waals surface area contributed by atoms with Crippen molar-refractivity contribution in [2.45, 2.75) is 147 Å². The average molecular weight is 951 g/mol. The zero-order valence-electron chi connectivity index (χ0n) is 31.7. The van der Waals surface area contributed by atoms with Crippen LogP contribution in [0.25, 0.3) is 0 Å². The van der Waals surface area contributed by atoms with E-state index in [1.165, 1.54) is 0 Å². The summed E-state index contributed by atoms with van der Waals surface area (Å²) in [6.45, 7) is 0. The van der Waals surface area contributed by atoms with E-state index in [2.05, 4.69) is 42.5 Å². The van der Waals surface area contributed by atoms with Crippen LogP contribution in [0.4, 0.5) is 0 Å². The molecule has 0 aromatic carbocycles. The van der Waals surface area contributed by atoms with E-state index in [0.29, 0.717) is 11.8 Å². The molecule has 4 saturated carbocycles. The van der Waals surface area contributed by atoms with Gasteiger partial charge in [-0.15, -0.1) is 0 Å². The van der Waals surface area contributed by atoms with Crippen molar-refractivity contribution in [3.8, 4) is 0 Å². The van der Waals surface area contributed by atoms with E-state index in [9.17, 15) is 47.3 Å². The van der Waals surface area contributed by atoms with Crippen molar-refractivity contribution in [1.82, 2.24) is 47.4 Å². The maximum Gasteiger partial charge on any atom is 0.270 e. The molecule has 58 heavy (non-hydrogen) atoms. The van der Waals surface area contributed by atoms with Gasteiger partial charge < -0.3 is 0 Å². The van der Waals surface area contributed by atoms with Crippen LogP contribution in [0.15, 0.2) is 0 Å². The number of hydrazine groups is 1. The van der Waals surface area contributed by atoms with Crippen LogP contribution < -0.4 is 53.2 Å². The molecule has 20 atom stereocenters. The molecule has 9 fully saturated rings. The van der Waals surface area contributed by atoms with Gasteiger partial charge in [-0.1, -0.05) is 38.5 Å². The summed E-state index contributed by atoms with van der Waals surface area (Å²) >= 11 is 0. The molecule has 337 valence electrons. The minimum Gasteiger partial charge on any atom is -0.286 e. The van der Waals surface area contributed by atoms with Crippen molar-refractivity contribution in [2.75, 3.05) is 0 Å². The first-order chi connectivity index (χ1) is 26.9. The topological polar surface area (TPSA) is 332 Å². The fourth-order valence-electron chi connectivity index (χ4n) is 13.5. The van der Waals surface area contributed by atoms with Gasteiger partial charge in [0.05, 0.1) is 49.3 Å². The number of nitrogens with one attached hydrogen (secondary N) is 9. The van der Waals surface area contributed by atoms with E-state index in [0.717, 1.165) is 77.0 Å². The molecule has 20 unspecified atom stereocenters. The molecule has 5 heterocycles. The molecule has 5 saturated heterocycles. The summed E-state index contributed by atoms with van der Waals surface area (Å²) in [5, 5.41) is 18.4. The molecule has 1 radical (unpaired) electrons. The Morgan fingerprint density at radius 3 is 0.862 bits per heavy atom. The van der Waals surface area contributed by atoms with Gasteiger partial charge in [0.1, 0.15) is 21.0 Å². The Bertz CT molecular complexity index is 2010. The van der Waals surface area contributed by atoms with Gasteiger partial charge in [-0.05, 0) is 74.0 Å². The van der Waals surface area contributed by atoms with Crippen molar-refractivity contribution in [3.63, 3.8) is 0 Å². The van der Waals surface area contributed by atoms with Crippen LogP contribution in [0, 0.1) is 47.3 Å². The molecule has 0 aromatic rings. The summed E-state index contributed by atoms with van der Waals surface area (Å²) < 4.78 is 140. The Kier molecular flexibility index (Phi) is 12.3. The Morgan fingerprint density at radius 1 is 0.379 bits per heavy atom. The molecule has 21 nitrogen and oxygen atoms in total. The van der Waals surface area contributed by atoms with Gasteiger partial charge in [0.25, 0.3) is 30.4 Å². The fraction of sp³-hybridized carbons (Fsp3) is 1.00. The quantitative estimate of drug-likeness (QED) is 0.0564. The number of hydrogen-bond acceptors (Lipinski definition) is 17. The SMILES string of the molecule is NNS(=O)(=O)C1C2C3NC4NC(NC5NC(NC6NC(NC(N3)C2C(S(=O)(=O)O)C(S(=O)(=O)O)C1S(=O)(=O)O)C1CCCCC61)C1CCCCC51)C1CCCCC41.[Cu]. The molecule has 8 bridgehead atoms. The molecular formula is C32H58CuN10O11S4. The zero-order valence-corrected chi connectivity index (χ0v) is 35.9. The number of rotatable bonds is 5. The second-order valence-electron chi connectivity index (χ2n) is 18.2. The van der Waals surface area contributed by atoms with Gasteiger partial charge in [-0.2, -0.15) is 30.1 Å². The first-order valence-electron chi connectivity index (χ1n) is 20.6. The normalized spacial score (nSPS) is 49.5. The predicted octanol–water partition coefficient (Wildman–Crippen LogP) is -3.03. The molecule has 0 aromatic heterocycles. The third-order valence-electron chi connectivity index (χ3n) is 15.6. The number of fused-ring (bicyclic) bond motifs is 20. The first-order valence-corrected chi connectivity index (χ1v) is 26.6. The molecule has 14 N–H and O–H groups in total. The van der Waals surface area contributed by atoms with Crippen LogP contribution >= 0.6 is 0 Å². The third-order valence-corrected chi connectivity index (χ3v) is 21.6. The standard InChI is InChI=1S/C32H58N10O11S4.Cu/c33-42-54(43,44)21-19-20(22(55(45,46)47)24(57(51,52)53)23(21)56(48,49)50)32-40-30-18-12-6-4-10-16(18)28(38-30)36-26-14-8-2-1-7-13(14)25(34-26)35-27-15-9-3-5-11-17(15)29(37-27)39-31(19)41-32;/h13-32,34-42H,1-12,33H2,(H,45,46,47)(H,48,49,50)(H,51,52,53);. The minimum atomic E-state index is -5.83. The molecule has 5 aliphatic heterocycles. The molecule has 9 rings (SSSR count). The summed E-state index contributed by atoms with van der Waals surface area (Å²) in [5.41, 5.74) is 0. The van der Waals surface area contributed by atoms with Crippen molar-refractivity contribution in [3.05, 3.63) is 0 Å². The van der Waals surface area contributed by atoms with Gasteiger partial charge in [0.2, 0.25) is 10.0 Å². The average Bonchev–Trinajstić information content (AvgIpc) is 3.88. The summed E-state index contributed by atoms with van der Waals surface area (Å²) in [4.78, 5) is 1.60. The first kappa shape index (κ1) is 44.4. The van der Waals surface area contributed by atoms with Gasteiger partial charge in [0.15, 0.2) is 0 Å². The second-order valence-corrected chi connectivity index (χ2v) is 24.8. The Labute approximate surface area is 351 Å². The zero-order chi connectivity index (χ0) is 40.4. The summed E-state index contributed by atoms with van der Waals surface area (Å²) in [5.74, 6) is 3.20. The van der Waals surface area contributed by atoms with E-state index < -0.39 is 97.9 Å². The molecule has 26 heteroatoms. The van der Waals surface area contributed by atoms with E-state index in [1.54, 1.807) is 4.83 Å². The maximum absolute atomic E-state index is 14.0. The van der Waals surface area contributed by atoms with Crippen LogP contribution in [-0.4, -0.2) is 118 Å². The number of hydrogen-bond donors (Lipinski definition) is 13. The summed E-state index contributed by atoms with van der Waals surface area (Å²) in [6, 6.07) is 0. The Hall–Kier alpha value is -0.201. The Balaban J connectivity index is 0.00000469. The minimum absolute atomic E-state index is 0. The molecule has 0 amide bonds. The fourth-order valence-corrected chi connectivity index (χ4v) is 21.0. The largest absolute Gasteiger partial charge is 0.286 e. The van der Waals surface area contributed by atoms with Crippen LogP contribution in [0.3, 0.4) is 0 Å². The van der Waals surface area contributed by atoms with E-state index in [-0.39, 0.29) is 65.4 Å². The molecule has 0 spiro atoms. The van der Waals surface area contributed by atoms with Crippen LogP contribution in [-0.2, 0) is 57.4 Å². The third kappa shape index (κ3) is 7.67. The maximum atomic E-state index is 14.0. The second kappa shape index (κ2) is 16.1. The van der Waals surface area contributed by atoms with E-state index >= 15 is 0 Å². The van der Waals surface area contributed by atoms with Gasteiger partial charge in [-0.25, -0.2) is 8.42 Å². The van der Waals surface area contributed by atoms with E-state index in [1.807, 2.05) is 0 Å². The summed E-state index contributed by atoms with van der Waals surface area (Å²) in [6.07, 6.45) is 7.79. The number of nitrogens with two attached hydrogens (primary N) is 1. The Morgan fingerprint density at radius 2 is 0.603 bits per heavy atom. The monoisotopic (exact) mass is 949 g/mol. The van der Waals surface area contributed by atoms with Crippen molar-refractivity contribution in [2.24, 2.45) is 53.2 Å². The van der Waals surface area contributed by atoms with Crippen LogP contribution in [0.2, 0.25) is 0 Å². The van der Waals surface area contributed by atoms with E-state index in [4.69, 9.17) is 5.84 Å². The summed E-state index contributed by atoms with van der Waals surface area (Å²) in [7, 11) is -22.4. The molecule has 9 aliphatic rings. The van der Waals surface area contributed by atoms with Crippen LogP contribution in [0.1, 0.15) is 77.0 Å².